The van der Waals surface area contributed by atoms with E-state index in [0.29, 0.717) is 0 Å². The van der Waals surface area contributed by atoms with Gasteiger partial charge in [-0.3, -0.25) is 4.79 Å². The Balaban J connectivity index is 1.37. The zero-order valence-corrected chi connectivity index (χ0v) is 29.0. The first-order chi connectivity index (χ1) is 25.3. The molecule has 8 rings (SSSR count). The molecule has 9 heteroatoms. The molecule has 4 aromatic carbocycles. The average Bonchev–Trinajstić information content (AvgIpc) is 3.74. The summed E-state index contributed by atoms with van der Waals surface area (Å²) >= 11 is 2.82. The molecule has 0 aliphatic carbocycles. The number of ketones is 1. The lowest BCUT2D eigenvalue weighted by molar-refractivity contribution is -0.121. The quantitative estimate of drug-likeness (QED) is 0.132. The number of carbonyl (C=O) groups excluding carboxylic acids is 1. The number of hydrogen-bond acceptors (Lipinski definition) is 5. The minimum Gasteiger partial charge on any atom is -0.298 e. The average molecular weight is 729 g/mol. The molecule has 3 nitrogen and oxygen atoms in total. The maximum absolute atomic E-state index is 15.7. The first kappa shape index (κ1) is 33.6. The fourth-order valence-electron chi connectivity index (χ4n) is 6.82. The van der Waals surface area contributed by atoms with Gasteiger partial charge in [-0.25, -0.2) is 27.5 Å². The number of fused-ring (bicyclic) bond motifs is 2. The molecule has 0 N–H and O–H groups in total. The van der Waals surface area contributed by atoms with Crippen molar-refractivity contribution in [3.05, 3.63) is 178 Å². The summed E-state index contributed by atoms with van der Waals surface area (Å²) < 4.78 is 56.8. The van der Waals surface area contributed by atoms with Crippen molar-refractivity contribution in [2.45, 2.75) is 24.7 Å². The van der Waals surface area contributed by atoms with Crippen LogP contribution >= 0.6 is 22.7 Å². The third-order valence-electron chi connectivity index (χ3n) is 9.28. The van der Waals surface area contributed by atoms with Gasteiger partial charge in [-0.1, -0.05) is 48.5 Å². The molecule has 0 aliphatic heterocycles. The molecule has 0 spiro atoms. The van der Waals surface area contributed by atoms with E-state index in [1.165, 1.54) is 71.2 Å². The Labute approximate surface area is 304 Å². The number of benzene rings is 4. The number of aromatic nitrogens is 2. The molecule has 4 aromatic heterocycles. The predicted molar refractivity (Wildman–Crippen MR) is 201 cm³/mol. The highest BCUT2D eigenvalue weighted by Gasteiger charge is 2.36. The van der Waals surface area contributed by atoms with E-state index in [1.807, 2.05) is 24.3 Å². The SMILES string of the molecule is O=C(C(Cc1ccc(F)cc1)c1sc2ncccc2c1-c1ccc(F)cc1)C(Cc1ccc(F)cc1)c1sc2ncccc2c1-c1ccc(F)cc1. The van der Waals surface area contributed by atoms with Crippen LogP contribution in [0.25, 0.3) is 42.7 Å². The first-order valence-electron chi connectivity index (χ1n) is 16.6. The summed E-state index contributed by atoms with van der Waals surface area (Å²) in [5.74, 6) is -3.16. The van der Waals surface area contributed by atoms with Gasteiger partial charge in [-0.15, -0.1) is 22.7 Å². The van der Waals surface area contributed by atoms with Crippen molar-refractivity contribution in [2.75, 3.05) is 0 Å². The van der Waals surface area contributed by atoms with Gasteiger partial charge in [0.1, 0.15) is 38.7 Å². The molecular weight excluding hydrogens is 701 g/mol. The van der Waals surface area contributed by atoms with E-state index in [-0.39, 0.29) is 41.9 Å². The Hall–Kier alpha value is -5.51. The fraction of sp³-hybridized carbons (Fsp3) is 0.0930. The maximum atomic E-state index is 15.7. The van der Waals surface area contributed by atoms with E-state index in [0.717, 1.165) is 63.6 Å². The van der Waals surface area contributed by atoms with Crippen molar-refractivity contribution < 1.29 is 22.4 Å². The molecule has 0 saturated heterocycles. The second kappa shape index (κ2) is 14.3. The highest BCUT2D eigenvalue weighted by Crippen LogP contribution is 2.48. The van der Waals surface area contributed by atoms with E-state index >= 15 is 4.79 Å². The van der Waals surface area contributed by atoms with Crippen molar-refractivity contribution in [3.8, 4) is 22.3 Å². The molecule has 0 fully saturated rings. The molecule has 0 bridgehead atoms. The lowest BCUT2D eigenvalue weighted by Crippen LogP contribution is -2.24. The van der Waals surface area contributed by atoms with Crippen LogP contribution in [-0.4, -0.2) is 15.8 Å². The predicted octanol–water partition coefficient (Wildman–Crippen LogP) is 11.7. The number of Topliss-reactive ketones (excluding diaryl/α,β-unsaturated/α-hetero) is 1. The second-order valence-corrected chi connectivity index (χ2v) is 14.6. The van der Waals surface area contributed by atoms with E-state index < -0.39 is 11.8 Å². The van der Waals surface area contributed by atoms with Gasteiger partial charge < -0.3 is 0 Å². The summed E-state index contributed by atoms with van der Waals surface area (Å²) in [5.41, 5.74) is 4.55. The molecule has 0 aliphatic rings. The topological polar surface area (TPSA) is 42.9 Å². The van der Waals surface area contributed by atoms with Crippen molar-refractivity contribution in [2.24, 2.45) is 0 Å². The molecule has 52 heavy (non-hydrogen) atoms. The molecule has 0 amide bonds. The van der Waals surface area contributed by atoms with E-state index in [1.54, 1.807) is 60.9 Å². The van der Waals surface area contributed by atoms with Gasteiger partial charge in [0.25, 0.3) is 0 Å². The van der Waals surface area contributed by atoms with Crippen LogP contribution in [0.2, 0.25) is 0 Å². The van der Waals surface area contributed by atoms with Crippen LogP contribution in [0.4, 0.5) is 17.6 Å². The Morgan fingerprint density at radius 1 is 0.500 bits per heavy atom. The summed E-state index contributed by atoms with van der Waals surface area (Å²) in [6.07, 6.45) is 3.89. The zero-order valence-electron chi connectivity index (χ0n) is 27.4. The number of carbonyl (C=O) groups is 1. The van der Waals surface area contributed by atoms with Crippen LogP contribution in [0, 0.1) is 23.3 Å². The first-order valence-corrected chi connectivity index (χ1v) is 18.2. The second-order valence-electron chi connectivity index (χ2n) is 12.6. The van der Waals surface area contributed by atoms with Crippen LogP contribution in [0.5, 0.6) is 0 Å². The highest BCUT2D eigenvalue weighted by atomic mass is 32.1. The van der Waals surface area contributed by atoms with Gasteiger partial charge in [-0.05, 0) is 108 Å². The molecule has 2 unspecified atom stereocenters. The summed E-state index contributed by atoms with van der Waals surface area (Å²) in [5, 5.41) is 1.67. The third kappa shape index (κ3) is 6.65. The van der Waals surface area contributed by atoms with E-state index in [2.05, 4.69) is 9.97 Å². The highest BCUT2D eigenvalue weighted by molar-refractivity contribution is 7.20. The van der Waals surface area contributed by atoms with Gasteiger partial charge in [0.2, 0.25) is 0 Å². The number of halogens is 4. The minimum atomic E-state index is -0.755. The van der Waals surface area contributed by atoms with Crippen molar-refractivity contribution >= 4 is 48.9 Å². The molecule has 8 aromatic rings. The van der Waals surface area contributed by atoms with Crippen LogP contribution in [0.15, 0.2) is 134 Å². The lowest BCUT2D eigenvalue weighted by Gasteiger charge is -2.24. The van der Waals surface area contributed by atoms with Gasteiger partial charge in [0.15, 0.2) is 0 Å². The Bertz CT molecular complexity index is 2350. The van der Waals surface area contributed by atoms with Crippen molar-refractivity contribution in [3.63, 3.8) is 0 Å². The maximum Gasteiger partial charge on any atom is 0.150 e. The number of pyridine rings is 2. The molecular formula is C43H28F4N2OS2. The molecule has 0 saturated carbocycles. The number of rotatable bonds is 10. The normalized spacial score (nSPS) is 12.7. The largest absolute Gasteiger partial charge is 0.298 e. The van der Waals surface area contributed by atoms with Crippen LogP contribution in [-0.2, 0) is 17.6 Å². The van der Waals surface area contributed by atoms with E-state index in [4.69, 9.17) is 0 Å². The summed E-state index contributed by atoms with van der Waals surface area (Å²) in [7, 11) is 0. The van der Waals surface area contributed by atoms with Gasteiger partial charge in [0, 0.05) is 44.0 Å². The minimum absolute atomic E-state index is 0.113. The zero-order chi connectivity index (χ0) is 35.8. The fourth-order valence-corrected chi connectivity index (χ4v) is 9.37. The third-order valence-corrected chi connectivity index (χ3v) is 11.7. The Morgan fingerprint density at radius 2 is 0.846 bits per heavy atom. The summed E-state index contributed by atoms with van der Waals surface area (Å²) in [6.45, 7) is 0. The van der Waals surface area contributed by atoms with E-state index in [9.17, 15) is 17.6 Å². The smallest absolute Gasteiger partial charge is 0.150 e. The summed E-state index contributed by atoms with van der Waals surface area (Å²) in [6, 6.07) is 32.2. The van der Waals surface area contributed by atoms with Gasteiger partial charge >= 0.3 is 0 Å². The molecule has 0 radical (unpaired) electrons. The molecule has 256 valence electrons. The van der Waals surface area contributed by atoms with Crippen LogP contribution in [0.1, 0.15) is 32.7 Å². The number of thiophene rings is 2. The van der Waals surface area contributed by atoms with Gasteiger partial charge in [-0.2, -0.15) is 0 Å². The van der Waals surface area contributed by atoms with Crippen LogP contribution < -0.4 is 0 Å². The molecule has 2 atom stereocenters. The Morgan fingerprint density at radius 3 is 1.21 bits per heavy atom. The van der Waals surface area contributed by atoms with Gasteiger partial charge in [0.05, 0.1) is 11.8 Å². The Kier molecular flexibility index (Phi) is 9.21. The number of hydrogen-bond donors (Lipinski definition) is 0. The van der Waals surface area contributed by atoms with Crippen molar-refractivity contribution in [1.29, 1.82) is 0 Å². The monoisotopic (exact) mass is 728 g/mol. The summed E-state index contributed by atoms with van der Waals surface area (Å²) in [4.78, 5) is 28.0. The number of nitrogens with zero attached hydrogens (tertiary/aromatic N) is 2. The molecule has 4 heterocycles. The lowest BCUT2D eigenvalue weighted by atomic mass is 9.80. The van der Waals surface area contributed by atoms with Crippen LogP contribution in [0.3, 0.4) is 0 Å². The van der Waals surface area contributed by atoms with Crippen molar-refractivity contribution in [1.82, 2.24) is 9.97 Å². The standard InChI is InChI=1S/C43H28F4N2OS2/c44-29-13-5-25(6-14-29)23-35(40-37(27-9-17-31(46)18-10-27)33-3-1-21-48-42(33)51-40)39(50)36(24-26-7-15-30(45)16-8-26)41-38(28-11-19-32(47)20-12-28)34-4-2-22-49-43(34)52-41/h1-22,35-36H,23-24H2.